The number of ether oxygens (including phenoxy) is 1. The fourth-order valence-corrected chi connectivity index (χ4v) is 3.14. The van der Waals surface area contributed by atoms with Gasteiger partial charge < -0.3 is 15.4 Å². The number of nitrogens with zero attached hydrogens (tertiary/aromatic N) is 2. The highest BCUT2D eigenvalue weighted by molar-refractivity contribution is 7.10. The van der Waals surface area contributed by atoms with E-state index >= 15 is 0 Å². The summed E-state index contributed by atoms with van der Waals surface area (Å²) in [5.74, 6) is 0.0426. The number of carbonyl (C=O) groups excluding carboxylic acids is 1. The molecule has 1 atom stereocenters. The maximum atomic E-state index is 12.4. The molecular weight excluding hydrogens is 274 g/mol. The topological polar surface area (TPSA) is 58.8 Å². The Bertz CT molecular complexity index is 411. The fourth-order valence-electron chi connectivity index (χ4n) is 2.42. The molecule has 1 saturated heterocycles. The molecule has 0 radical (unpaired) electrons. The van der Waals surface area contributed by atoms with Crippen LogP contribution in [0.25, 0.3) is 0 Å². The van der Waals surface area contributed by atoms with Crippen molar-refractivity contribution in [2.45, 2.75) is 12.5 Å². The zero-order valence-corrected chi connectivity index (χ0v) is 12.8. The highest BCUT2D eigenvalue weighted by Gasteiger charge is 2.25. The first-order chi connectivity index (χ1) is 9.72. The van der Waals surface area contributed by atoms with Crippen LogP contribution in [0.3, 0.4) is 0 Å². The van der Waals surface area contributed by atoms with Crippen LogP contribution in [-0.2, 0) is 9.53 Å². The number of hydrogen-bond acceptors (Lipinski definition) is 5. The van der Waals surface area contributed by atoms with Crippen LogP contribution in [0.1, 0.15) is 17.3 Å². The van der Waals surface area contributed by atoms with Gasteiger partial charge >= 0.3 is 0 Å². The number of rotatable bonds is 5. The van der Waals surface area contributed by atoms with Crippen molar-refractivity contribution < 1.29 is 9.53 Å². The van der Waals surface area contributed by atoms with Crippen molar-refractivity contribution in [3.63, 3.8) is 0 Å². The van der Waals surface area contributed by atoms with Gasteiger partial charge in [0.2, 0.25) is 5.91 Å². The van der Waals surface area contributed by atoms with Crippen molar-refractivity contribution in [2.75, 3.05) is 46.4 Å². The largest absolute Gasteiger partial charge is 0.383 e. The van der Waals surface area contributed by atoms with Gasteiger partial charge in [0.25, 0.3) is 0 Å². The maximum absolute atomic E-state index is 12.4. The lowest BCUT2D eigenvalue weighted by molar-refractivity contribution is -0.132. The minimum atomic E-state index is -0.513. The van der Waals surface area contributed by atoms with Crippen molar-refractivity contribution in [3.8, 4) is 0 Å². The third-order valence-electron chi connectivity index (χ3n) is 3.63. The molecule has 0 spiro atoms. The molecule has 2 heterocycles. The van der Waals surface area contributed by atoms with Crippen molar-refractivity contribution in [3.05, 3.63) is 22.4 Å². The lowest BCUT2D eigenvalue weighted by atomic mass is 10.2. The second-order valence-corrected chi connectivity index (χ2v) is 5.99. The summed E-state index contributed by atoms with van der Waals surface area (Å²) < 4.78 is 5.11. The van der Waals surface area contributed by atoms with Gasteiger partial charge in [-0.05, 0) is 24.4 Å². The lowest BCUT2D eigenvalue weighted by Gasteiger charge is -2.24. The Labute approximate surface area is 124 Å². The Morgan fingerprint density at radius 2 is 2.30 bits per heavy atom. The molecule has 0 aromatic carbocycles. The molecule has 6 heteroatoms. The molecule has 0 bridgehead atoms. The molecule has 0 saturated carbocycles. The molecule has 1 unspecified atom stereocenters. The number of nitrogens with two attached hydrogens (primary N) is 1. The van der Waals surface area contributed by atoms with Gasteiger partial charge in [0.1, 0.15) is 6.04 Å². The summed E-state index contributed by atoms with van der Waals surface area (Å²) in [6, 6.07) is 3.35. The van der Waals surface area contributed by atoms with E-state index in [1.165, 1.54) is 0 Å². The Kier molecular flexibility index (Phi) is 5.97. The first-order valence-corrected chi connectivity index (χ1v) is 7.89. The SMILES string of the molecule is COCCN1CCCN(C(=O)C(N)c2cccs2)CC1. The number of carbonyl (C=O) groups is 1. The number of hydrogen-bond donors (Lipinski definition) is 1. The zero-order chi connectivity index (χ0) is 14.4. The first kappa shape index (κ1) is 15.4. The highest BCUT2D eigenvalue weighted by Crippen LogP contribution is 2.19. The van der Waals surface area contributed by atoms with E-state index in [-0.39, 0.29) is 5.91 Å². The quantitative estimate of drug-likeness (QED) is 0.878. The molecule has 5 nitrogen and oxygen atoms in total. The van der Waals surface area contributed by atoms with E-state index in [1.54, 1.807) is 18.4 Å². The Morgan fingerprint density at radius 3 is 3.00 bits per heavy atom. The Morgan fingerprint density at radius 1 is 1.45 bits per heavy atom. The molecule has 1 aromatic rings. The predicted molar refractivity (Wildman–Crippen MR) is 80.8 cm³/mol. The summed E-state index contributed by atoms with van der Waals surface area (Å²) in [5, 5.41) is 1.96. The Balaban J connectivity index is 1.88. The van der Waals surface area contributed by atoms with Crippen molar-refractivity contribution in [1.82, 2.24) is 9.80 Å². The third kappa shape index (κ3) is 4.02. The summed E-state index contributed by atoms with van der Waals surface area (Å²) in [6.07, 6.45) is 0.993. The van der Waals surface area contributed by atoms with Gasteiger partial charge in [-0.3, -0.25) is 9.69 Å². The van der Waals surface area contributed by atoms with Crippen LogP contribution in [0.5, 0.6) is 0 Å². The standard InChI is InChI=1S/C14H23N3O2S/c1-19-10-9-16-5-3-6-17(8-7-16)14(18)13(15)12-4-2-11-20-12/h2,4,11,13H,3,5-10,15H2,1H3. The first-order valence-electron chi connectivity index (χ1n) is 7.01. The van der Waals surface area contributed by atoms with Crippen molar-refractivity contribution in [1.29, 1.82) is 0 Å². The van der Waals surface area contributed by atoms with Gasteiger partial charge in [-0.2, -0.15) is 0 Å². The summed E-state index contributed by atoms with van der Waals surface area (Å²) in [4.78, 5) is 17.6. The number of thiophene rings is 1. The molecule has 20 heavy (non-hydrogen) atoms. The molecular formula is C14H23N3O2S. The maximum Gasteiger partial charge on any atom is 0.244 e. The second kappa shape index (κ2) is 7.73. The molecule has 2 rings (SSSR count). The van der Waals surface area contributed by atoms with Gasteiger partial charge in [0, 0.05) is 38.2 Å². The van der Waals surface area contributed by atoms with E-state index in [1.807, 2.05) is 22.4 Å². The van der Waals surface area contributed by atoms with Crippen LogP contribution in [-0.4, -0.2) is 62.1 Å². The smallest absolute Gasteiger partial charge is 0.244 e. The van der Waals surface area contributed by atoms with E-state index in [0.29, 0.717) is 0 Å². The number of amides is 1. The Hall–Kier alpha value is -0.950. The average molecular weight is 297 g/mol. The van der Waals surface area contributed by atoms with E-state index in [9.17, 15) is 4.79 Å². The zero-order valence-electron chi connectivity index (χ0n) is 12.0. The molecule has 1 aliphatic rings. The highest BCUT2D eigenvalue weighted by atomic mass is 32.1. The average Bonchev–Trinajstić information content (AvgIpc) is 2.90. The minimum absolute atomic E-state index is 0.0426. The monoisotopic (exact) mass is 297 g/mol. The van der Waals surface area contributed by atoms with Crippen LogP contribution >= 0.6 is 11.3 Å². The van der Waals surface area contributed by atoms with Gasteiger partial charge in [0.15, 0.2) is 0 Å². The predicted octanol–water partition coefficient (Wildman–Crippen LogP) is 0.929. The van der Waals surface area contributed by atoms with Crippen LogP contribution in [0, 0.1) is 0 Å². The van der Waals surface area contributed by atoms with E-state index in [4.69, 9.17) is 10.5 Å². The third-order valence-corrected chi connectivity index (χ3v) is 4.58. The van der Waals surface area contributed by atoms with Crippen molar-refractivity contribution >= 4 is 17.2 Å². The van der Waals surface area contributed by atoms with Gasteiger partial charge in [-0.1, -0.05) is 6.07 Å². The van der Waals surface area contributed by atoms with Gasteiger partial charge in [-0.15, -0.1) is 11.3 Å². The fraction of sp³-hybridized carbons (Fsp3) is 0.643. The molecule has 2 N–H and O–H groups in total. The van der Waals surface area contributed by atoms with Crippen LogP contribution < -0.4 is 5.73 Å². The molecule has 1 aliphatic heterocycles. The van der Waals surface area contributed by atoms with E-state index in [0.717, 1.165) is 50.6 Å². The molecule has 1 amide bonds. The summed E-state index contributed by atoms with van der Waals surface area (Å²) in [5.41, 5.74) is 6.07. The molecule has 0 aliphatic carbocycles. The summed E-state index contributed by atoms with van der Waals surface area (Å²) >= 11 is 1.54. The van der Waals surface area contributed by atoms with E-state index < -0.39 is 6.04 Å². The lowest BCUT2D eigenvalue weighted by Crippen LogP contribution is -2.40. The summed E-state index contributed by atoms with van der Waals surface area (Å²) in [7, 11) is 1.72. The molecule has 1 fully saturated rings. The normalized spacial score (nSPS) is 18.8. The molecule has 112 valence electrons. The summed E-state index contributed by atoms with van der Waals surface area (Å²) in [6.45, 7) is 5.12. The van der Waals surface area contributed by atoms with Gasteiger partial charge in [0.05, 0.1) is 6.61 Å². The second-order valence-electron chi connectivity index (χ2n) is 5.01. The van der Waals surface area contributed by atoms with Crippen LogP contribution in [0.2, 0.25) is 0 Å². The van der Waals surface area contributed by atoms with Crippen LogP contribution in [0.15, 0.2) is 17.5 Å². The number of methoxy groups -OCH3 is 1. The molecule has 1 aromatic heterocycles. The van der Waals surface area contributed by atoms with Gasteiger partial charge in [-0.25, -0.2) is 0 Å². The van der Waals surface area contributed by atoms with Crippen molar-refractivity contribution in [2.24, 2.45) is 5.73 Å². The minimum Gasteiger partial charge on any atom is -0.383 e. The van der Waals surface area contributed by atoms with Crippen LogP contribution in [0.4, 0.5) is 0 Å². The van der Waals surface area contributed by atoms with E-state index in [2.05, 4.69) is 4.90 Å².